The number of carbonyl (C=O) groups excluding carboxylic acids is 1. The first-order valence-electron chi connectivity index (χ1n) is 5.57. The third kappa shape index (κ3) is 4.34. The molecule has 0 aliphatic carbocycles. The van der Waals surface area contributed by atoms with Crippen molar-refractivity contribution in [2.75, 3.05) is 0 Å². The number of primary amides is 1. The Morgan fingerprint density at radius 3 is 2.41 bits per heavy atom. The minimum absolute atomic E-state index is 0.213. The molecule has 0 aliphatic heterocycles. The minimum atomic E-state index is -0.757. The molecule has 0 heterocycles. The molecule has 0 saturated heterocycles. The van der Waals surface area contributed by atoms with Crippen LogP contribution in [0.1, 0.15) is 38.7 Å². The highest BCUT2D eigenvalue weighted by Crippen LogP contribution is 2.28. The number of aromatic hydroxyl groups is 1. The maximum absolute atomic E-state index is 10.7. The van der Waals surface area contributed by atoms with Crippen molar-refractivity contribution in [3.05, 3.63) is 29.8 Å². The molecule has 1 atom stereocenters. The van der Waals surface area contributed by atoms with Crippen molar-refractivity contribution in [1.82, 2.24) is 0 Å². The largest absolute Gasteiger partial charge is 0.508 e. The molecule has 1 amide bonds. The lowest BCUT2D eigenvalue weighted by Crippen LogP contribution is -2.32. The van der Waals surface area contributed by atoms with E-state index in [1.165, 1.54) is 0 Å². The summed E-state index contributed by atoms with van der Waals surface area (Å²) >= 11 is 0. The van der Waals surface area contributed by atoms with Crippen molar-refractivity contribution in [2.24, 2.45) is 5.73 Å². The molecule has 0 radical (unpaired) electrons. The summed E-state index contributed by atoms with van der Waals surface area (Å²) in [6.45, 7) is 5.70. The number of nitrogens with two attached hydrogens (primary N) is 1. The van der Waals surface area contributed by atoms with Crippen LogP contribution in [0.4, 0.5) is 4.79 Å². The maximum Gasteiger partial charge on any atom is 0.405 e. The third-order valence-electron chi connectivity index (χ3n) is 2.64. The van der Waals surface area contributed by atoms with Gasteiger partial charge in [0.1, 0.15) is 11.4 Å². The van der Waals surface area contributed by atoms with E-state index in [-0.39, 0.29) is 11.7 Å². The number of amides is 1. The van der Waals surface area contributed by atoms with Gasteiger partial charge in [-0.3, -0.25) is 0 Å². The van der Waals surface area contributed by atoms with Crippen LogP contribution in [0.15, 0.2) is 24.3 Å². The average Bonchev–Trinajstić information content (AvgIpc) is 2.15. The summed E-state index contributed by atoms with van der Waals surface area (Å²) in [4.78, 5) is 10.7. The van der Waals surface area contributed by atoms with Gasteiger partial charge in [0.2, 0.25) is 0 Å². The number of hydrogen-bond acceptors (Lipinski definition) is 3. The third-order valence-corrected chi connectivity index (χ3v) is 2.64. The normalized spacial score (nSPS) is 13.1. The van der Waals surface area contributed by atoms with Crippen LogP contribution in [-0.4, -0.2) is 16.8 Å². The molecule has 0 spiro atoms. The van der Waals surface area contributed by atoms with Gasteiger partial charge in [-0.1, -0.05) is 19.1 Å². The van der Waals surface area contributed by atoms with Gasteiger partial charge in [-0.05, 0) is 43.9 Å². The van der Waals surface area contributed by atoms with E-state index >= 15 is 0 Å². The van der Waals surface area contributed by atoms with E-state index < -0.39 is 11.7 Å². The Hall–Kier alpha value is -1.71. The first kappa shape index (κ1) is 13.4. The van der Waals surface area contributed by atoms with Crippen LogP contribution in [0, 0.1) is 0 Å². The molecule has 1 aromatic rings. The fourth-order valence-electron chi connectivity index (χ4n) is 1.97. The zero-order valence-electron chi connectivity index (χ0n) is 10.4. The molecule has 17 heavy (non-hydrogen) atoms. The first-order valence-corrected chi connectivity index (χ1v) is 5.57. The lowest BCUT2D eigenvalue weighted by atomic mass is 9.89. The standard InChI is InChI=1S/C13H19NO3/c1-9(8-13(2,3)17-12(14)16)10-4-6-11(15)7-5-10/h4-7,9,15H,8H2,1-3H3,(H2,14,16)/t9-/m1/s1. The van der Waals surface area contributed by atoms with Crippen LogP contribution in [0.3, 0.4) is 0 Å². The van der Waals surface area contributed by atoms with Gasteiger partial charge in [0.15, 0.2) is 0 Å². The topological polar surface area (TPSA) is 72.5 Å². The molecule has 94 valence electrons. The summed E-state index contributed by atoms with van der Waals surface area (Å²) in [6, 6.07) is 7.02. The van der Waals surface area contributed by atoms with Crippen molar-refractivity contribution < 1.29 is 14.6 Å². The monoisotopic (exact) mass is 237 g/mol. The van der Waals surface area contributed by atoms with E-state index in [0.29, 0.717) is 6.42 Å². The molecule has 0 unspecified atom stereocenters. The molecule has 4 nitrogen and oxygen atoms in total. The van der Waals surface area contributed by atoms with Gasteiger partial charge in [0, 0.05) is 0 Å². The number of phenols is 1. The Morgan fingerprint density at radius 1 is 1.41 bits per heavy atom. The van der Waals surface area contributed by atoms with E-state index in [2.05, 4.69) is 0 Å². The highest BCUT2D eigenvalue weighted by molar-refractivity contribution is 5.65. The Balaban J connectivity index is 2.68. The second kappa shape index (κ2) is 5.08. The predicted molar refractivity (Wildman–Crippen MR) is 65.9 cm³/mol. The van der Waals surface area contributed by atoms with Gasteiger partial charge in [-0.15, -0.1) is 0 Å². The predicted octanol–water partition coefficient (Wildman–Crippen LogP) is 2.76. The molecule has 3 N–H and O–H groups in total. The molecule has 0 bridgehead atoms. The van der Waals surface area contributed by atoms with Gasteiger partial charge in [-0.2, -0.15) is 0 Å². The SMILES string of the molecule is C[C@H](CC(C)(C)OC(N)=O)c1ccc(O)cc1. The summed E-state index contributed by atoms with van der Waals surface area (Å²) < 4.78 is 5.04. The van der Waals surface area contributed by atoms with Crippen LogP contribution < -0.4 is 5.73 Å². The average molecular weight is 237 g/mol. The fourth-order valence-corrected chi connectivity index (χ4v) is 1.97. The highest BCUT2D eigenvalue weighted by atomic mass is 16.6. The first-order chi connectivity index (χ1) is 7.80. The lowest BCUT2D eigenvalue weighted by Gasteiger charge is -2.27. The van der Waals surface area contributed by atoms with Crippen LogP contribution in [-0.2, 0) is 4.74 Å². The lowest BCUT2D eigenvalue weighted by molar-refractivity contribution is 0.0349. The van der Waals surface area contributed by atoms with Crippen LogP contribution in [0.2, 0.25) is 0 Å². The second-order valence-corrected chi connectivity index (χ2v) is 4.88. The molecule has 4 heteroatoms. The quantitative estimate of drug-likeness (QED) is 0.845. The number of hydrogen-bond donors (Lipinski definition) is 2. The Labute approximate surface area is 101 Å². The maximum atomic E-state index is 10.7. The van der Waals surface area contributed by atoms with E-state index in [1.807, 2.05) is 32.9 Å². The van der Waals surface area contributed by atoms with Crippen LogP contribution in [0.5, 0.6) is 5.75 Å². The molecular weight excluding hydrogens is 218 g/mol. The van der Waals surface area contributed by atoms with E-state index in [9.17, 15) is 9.90 Å². The Kier molecular flexibility index (Phi) is 3.99. The summed E-state index contributed by atoms with van der Waals surface area (Å²) in [5, 5.41) is 9.20. The molecular formula is C13H19NO3. The molecule has 0 aliphatic rings. The summed E-state index contributed by atoms with van der Waals surface area (Å²) in [5.74, 6) is 0.457. The molecule has 1 rings (SSSR count). The molecule has 0 aromatic heterocycles. The van der Waals surface area contributed by atoms with Gasteiger partial charge in [-0.25, -0.2) is 4.79 Å². The van der Waals surface area contributed by atoms with Crippen molar-refractivity contribution >= 4 is 6.09 Å². The molecule has 0 fully saturated rings. The van der Waals surface area contributed by atoms with Crippen molar-refractivity contribution in [3.63, 3.8) is 0 Å². The Morgan fingerprint density at radius 2 is 1.94 bits per heavy atom. The Bertz CT molecular complexity index is 384. The zero-order chi connectivity index (χ0) is 13.1. The number of benzene rings is 1. The number of phenolic OH excluding ortho intramolecular Hbond substituents is 1. The summed E-state index contributed by atoms with van der Waals surface area (Å²) in [6.07, 6.45) is -0.0892. The van der Waals surface area contributed by atoms with Gasteiger partial charge >= 0.3 is 6.09 Å². The smallest absolute Gasteiger partial charge is 0.405 e. The number of rotatable bonds is 4. The minimum Gasteiger partial charge on any atom is -0.508 e. The molecule has 0 saturated carbocycles. The number of carbonyl (C=O) groups is 1. The highest BCUT2D eigenvalue weighted by Gasteiger charge is 2.25. The zero-order valence-corrected chi connectivity index (χ0v) is 10.4. The van der Waals surface area contributed by atoms with Gasteiger partial charge < -0.3 is 15.6 Å². The van der Waals surface area contributed by atoms with Crippen molar-refractivity contribution in [1.29, 1.82) is 0 Å². The number of ether oxygens (including phenoxy) is 1. The van der Waals surface area contributed by atoms with E-state index in [4.69, 9.17) is 10.5 Å². The van der Waals surface area contributed by atoms with E-state index in [1.54, 1.807) is 12.1 Å². The van der Waals surface area contributed by atoms with Crippen molar-refractivity contribution in [3.8, 4) is 5.75 Å². The fraction of sp³-hybridized carbons (Fsp3) is 0.462. The summed E-state index contributed by atoms with van der Waals surface area (Å²) in [7, 11) is 0. The van der Waals surface area contributed by atoms with Crippen molar-refractivity contribution in [2.45, 2.75) is 38.7 Å². The van der Waals surface area contributed by atoms with Crippen LogP contribution >= 0.6 is 0 Å². The van der Waals surface area contributed by atoms with Gasteiger partial charge in [0.05, 0.1) is 0 Å². The van der Waals surface area contributed by atoms with E-state index in [0.717, 1.165) is 5.56 Å². The van der Waals surface area contributed by atoms with Crippen LogP contribution in [0.25, 0.3) is 0 Å². The molecule has 1 aromatic carbocycles. The summed E-state index contributed by atoms with van der Waals surface area (Å²) in [5.41, 5.74) is 5.51. The second-order valence-electron chi connectivity index (χ2n) is 4.88. The van der Waals surface area contributed by atoms with Gasteiger partial charge in [0.25, 0.3) is 0 Å².